The Labute approximate surface area is 156 Å². The molecular formula is C14H18ClNO8S2. The molecule has 0 amide bonds. The molecule has 1 rings (SSSR count). The number of hydrogen-bond donors (Lipinski definition) is 1. The van der Waals surface area contributed by atoms with Crippen LogP contribution >= 0.6 is 11.6 Å². The molecule has 1 aromatic carbocycles. The van der Waals surface area contributed by atoms with Crippen LogP contribution in [0.15, 0.2) is 21.9 Å². The summed E-state index contributed by atoms with van der Waals surface area (Å²) in [5.41, 5.74) is 5.42. The van der Waals surface area contributed by atoms with Crippen LogP contribution in [0.3, 0.4) is 0 Å². The molecule has 0 saturated heterocycles. The maximum absolute atomic E-state index is 12.4. The van der Waals surface area contributed by atoms with Crippen molar-refractivity contribution in [2.45, 2.75) is 23.6 Å². The van der Waals surface area contributed by atoms with Crippen molar-refractivity contribution in [1.29, 1.82) is 0 Å². The summed E-state index contributed by atoms with van der Waals surface area (Å²) in [5, 5.41) is -0.560. The minimum atomic E-state index is -4.12. The van der Waals surface area contributed by atoms with Crippen LogP contribution in [0.4, 0.5) is 5.69 Å². The van der Waals surface area contributed by atoms with E-state index in [4.69, 9.17) is 17.3 Å². The lowest BCUT2D eigenvalue weighted by Gasteiger charge is -2.13. The van der Waals surface area contributed by atoms with Crippen molar-refractivity contribution in [1.82, 2.24) is 0 Å². The molecule has 2 N–H and O–H groups in total. The number of nitrogen functional groups attached to an aromatic ring is 1. The minimum Gasteiger partial charge on any atom is -0.465 e. The summed E-state index contributed by atoms with van der Waals surface area (Å²) >= 11 is 6.01. The van der Waals surface area contributed by atoms with Gasteiger partial charge >= 0.3 is 11.9 Å². The predicted octanol–water partition coefficient (Wildman–Crippen LogP) is 0.596. The second-order valence-corrected chi connectivity index (χ2v) is 9.62. The van der Waals surface area contributed by atoms with Gasteiger partial charge in [0.05, 0.1) is 27.1 Å². The molecule has 0 fully saturated rings. The van der Waals surface area contributed by atoms with E-state index in [-0.39, 0.29) is 5.69 Å². The van der Waals surface area contributed by atoms with E-state index < -0.39 is 71.1 Å². The van der Waals surface area contributed by atoms with E-state index in [1.807, 2.05) is 0 Å². The van der Waals surface area contributed by atoms with Crippen LogP contribution in [0.25, 0.3) is 0 Å². The van der Waals surface area contributed by atoms with Gasteiger partial charge in [-0.2, -0.15) is 0 Å². The van der Waals surface area contributed by atoms with E-state index in [1.165, 1.54) is 0 Å². The number of ether oxygens (including phenoxy) is 2. The van der Waals surface area contributed by atoms with Gasteiger partial charge in [0.25, 0.3) is 0 Å². The Morgan fingerprint density at radius 3 is 1.88 bits per heavy atom. The van der Waals surface area contributed by atoms with Gasteiger partial charge < -0.3 is 15.2 Å². The highest BCUT2D eigenvalue weighted by Gasteiger charge is 2.28. The molecule has 146 valence electrons. The first-order valence-electron chi connectivity index (χ1n) is 7.18. The lowest BCUT2D eigenvalue weighted by Crippen LogP contribution is -2.19. The molecule has 0 aromatic heterocycles. The maximum atomic E-state index is 12.4. The van der Waals surface area contributed by atoms with Crippen LogP contribution in [0, 0.1) is 0 Å². The number of anilines is 1. The summed E-state index contributed by atoms with van der Waals surface area (Å²) in [5.74, 6) is -2.52. The fourth-order valence-corrected chi connectivity index (χ4v) is 5.34. The Bertz CT molecular complexity index is 909. The number of hydrogen-bond acceptors (Lipinski definition) is 9. The van der Waals surface area contributed by atoms with Gasteiger partial charge in [-0.3, -0.25) is 9.59 Å². The van der Waals surface area contributed by atoms with Crippen LogP contribution < -0.4 is 5.73 Å². The van der Waals surface area contributed by atoms with E-state index in [0.717, 1.165) is 26.0 Å². The third-order valence-corrected chi connectivity index (χ3v) is 7.15. The van der Waals surface area contributed by atoms with Gasteiger partial charge in [-0.1, -0.05) is 11.6 Å². The lowest BCUT2D eigenvalue weighted by atomic mass is 10.3. The molecule has 0 radical (unpaired) electrons. The number of halogens is 1. The van der Waals surface area contributed by atoms with E-state index in [2.05, 4.69) is 9.47 Å². The normalized spacial score (nSPS) is 11.8. The van der Waals surface area contributed by atoms with Gasteiger partial charge in [0.2, 0.25) is 0 Å². The third-order valence-electron chi connectivity index (χ3n) is 3.05. The summed E-state index contributed by atoms with van der Waals surface area (Å²) in [7, 11) is -8.15. The molecule has 26 heavy (non-hydrogen) atoms. The highest BCUT2D eigenvalue weighted by molar-refractivity contribution is 7.92. The summed E-state index contributed by atoms with van der Waals surface area (Å²) in [4.78, 5) is 20.5. The average molecular weight is 428 g/mol. The maximum Gasteiger partial charge on any atom is 0.302 e. The van der Waals surface area contributed by atoms with Crippen molar-refractivity contribution >= 4 is 48.9 Å². The molecule has 0 atom stereocenters. The fourth-order valence-electron chi connectivity index (χ4n) is 1.91. The molecule has 0 aliphatic rings. The molecule has 1 aromatic rings. The molecule has 0 unspecified atom stereocenters. The van der Waals surface area contributed by atoms with Crippen LogP contribution in [0.2, 0.25) is 5.02 Å². The molecule has 0 aliphatic carbocycles. The smallest absolute Gasteiger partial charge is 0.302 e. The number of carbonyl (C=O) groups excluding carboxylic acids is 2. The first-order chi connectivity index (χ1) is 11.9. The van der Waals surface area contributed by atoms with Crippen LogP contribution in [-0.4, -0.2) is 53.5 Å². The lowest BCUT2D eigenvalue weighted by molar-refractivity contribution is -0.141. The quantitative estimate of drug-likeness (QED) is 0.465. The highest BCUT2D eigenvalue weighted by atomic mass is 35.5. The van der Waals surface area contributed by atoms with E-state index in [0.29, 0.717) is 0 Å². The Morgan fingerprint density at radius 2 is 1.42 bits per heavy atom. The first kappa shape index (κ1) is 22.2. The summed E-state index contributed by atoms with van der Waals surface area (Å²) in [6.45, 7) is 1.39. The zero-order valence-corrected chi connectivity index (χ0v) is 16.4. The highest BCUT2D eigenvalue weighted by Crippen LogP contribution is 2.34. The van der Waals surface area contributed by atoms with Crippen LogP contribution in [0.5, 0.6) is 0 Å². The van der Waals surface area contributed by atoms with Gasteiger partial charge in [0.15, 0.2) is 19.7 Å². The fraction of sp³-hybridized carbons (Fsp3) is 0.429. The minimum absolute atomic E-state index is 0.239. The Kier molecular flexibility index (Phi) is 7.42. The third kappa shape index (κ3) is 5.85. The van der Waals surface area contributed by atoms with Gasteiger partial charge in [-0.05, 0) is 12.1 Å². The molecule has 9 nitrogen and oxygen atoms in total. The summed E-state index contributed by atoms with van der Waals surface area (Å²) < 4.78 is 58.7. The molecule has 0 heterocycles. The van der Waals surface area contributed by atoms with Crippen LogP contribution in [-0.2, 0) is 38.7 Å². The van der Waals surface area contributed by atoms with E-state index >= 15 is 0 Å². The second-order valence-electron chi connectivity index (χ2n) is 5.11. The average Bonchev–Trinajstić information content (AvgIpc) is 2.45. The molecule has 12 heteroatoms. The topological polar surface area (TPSA) is 147 Å². The number of esters is 2. The van der Waals surface area contributed by atoms with Crippen molar-refractivity contribution in [3.05, 3.63) is 17.2 Å². The van der Waals surface area contributed by atoms with Gasteiger partial charge in [-0.25, -0.2) is 16.8 Å². The summed E-state index contributed by atoms with van der Waals surface area (Å²) in [6.07, 6.45) is 0. The Balaban J connectivity index is 3.22. The molecule has 0 spiro atoms. The molecular weight excluding hydrogens is 410 g/mol. The standard InChI is InChI=1S/C14H18ClNO8S2/c1-9(17)23-5-7-25(19,20)12-4-3-11(16)14(13(12)15)26(21,22)8-6-24-10(2)18/h3-4H,5-8,16H2,1-2H3. The van der Waals surface area contributed by atoms with Gasteiger partial charge in [0, 0.05) is 13.8 Å². The number of nitrogens with two attached hydrogens (primary N) is 1. The molecule has 0 aliphatic heterocycles. The SMILES string of the molecule is CC(=O)OCCS(=O)(=O)c1ccc(N)c(S(=O)(=O)CCOC(C)=O)c1Cl. The zero-order chi connectivity index (χ0) is 20.1. The van der Waals surface area contributed by atoms with Gasteiger partial charge in [0.1, 0.15) is 18.1 Å². The van der Waals surface area contributed by atoms with Crippen molar-refractivity contribution in [2.75, 3.05) is 30.5 Å². The van der Waals surface area contributed by atoms with Gasteiger partial charge in [-0.15, -0.1) is 0 Å². The Hall–Kier alpha value is -1.85. The molecule has 0 saturated carbocycles. The zero-order valence-electron chi connectivity index (χ0n) is 14.0. The number of carbonyl (C=O) groups is 2. The monoisotopic (exact) mass is 427 g/mol. The van der Waals surface area contributed by atoms with Crippen molar-refractivity contribution < 1.29 is 35.9 Å². The van der Waals surface area contributed by atoms with E-state index in [9.17, 15) is 26.4 Å². The summed E-state index contributed by atoms with van der Waals surface area (Å²) in [6, 6.07) is 2.18. The molecule has 0 bridgehead atoms. The second kappa shape index (κ2) is 8.69. The predicted molar refractivity (Wildman–Crippen MR) is 93.2 cm³/mol. The first-order valence-corrected chi connectivity index (χ1v) is 10.9. The van der Waals surface area contributed by atoms with Crippen molar-refractivity contribution in [3.8, 4) is 0 Å². The number of benzene rings is 1. The largest absolute Gasteiger partial charge is 0.465 e. The Morgan fingerprint density at radius 1 is 0.962 bits per heavy atom. The van der Waals surface area contributed by atoms with E-state index in [1.54, 1.807) is 0 Å². The van der Waals surface area contributed by atoms with Crippen molar-refractivity contribution in [2.24, 2.45) is 0 Å². The van der Waals surface area contributed by atoms with Crippen LogP contribution in [0.1, 0.15) is 13.8 Å². The van der Waals surface area contributed by atoms with Crippen molar-refractivity contribution in [3.63, 3.8) is 0 Å². The number of sulfone groups is 2. The number of rotatable bonds is 8.